The van der Waals surface area contributed by atoms with E-state index in [9.17, 15) is 0 Å². The highest BCUT2D eigenvalue weighted by molar-refractivity contribution is 6.31. The monoisotopic (exact) mass is 309 g/mol. The van der Waals surface area contributed by atoms with Gasteiger partial charge < -0.3 is 14.6 Å². The second-order valence-electron chi connectivity index (χ2n) is 5.33. The van der Waals surface area contributed by atoms with Crippen LogP contribution in [-0.2, 0) is 0 Å². The SMILES string of the molecule is CCNCC1CCN(c2n[nH]c(-c3ccoc3Cl)n2)CC1. The molecule has 1 aliphatic heterocycles. The summed E-state index contributed by atoms with van der Waals surface area (Å²) in [5.41, 5.74) is 0.748. The number of aromatic amines is 1. The fraction of sp³-hybridized carbons (Fsp3) is 0.571. The molecule has 6 nitrogen and oxygen atoms in total. The molecule has 114 valence electrons. The third-order valence-corrected chi connectivity index (χ3v) is 4.22. The number of furan rings is 1. The fourth-order valence-corrected chi connectivity index (χ4v) is 2.87. The van der Waals surface area contributed by atoms with Crippen LogP contribution >= 0.6 is 11.6 Å². The molecule has 1 saturated heterocycles. The van der Waals surface area contributed by atoms with Crippen LogP contribution in [0, 0.1) is 5.92 Å². The van der Waals surface area contributed by atoms with E-state index in [1.54, 1.807) is 12.3 Å². The van der Waals surface area contributed by atoms with E-state index in [0.29, 0.717) is 11.0 Å². The second-order valence-corrected chi connectivity index (χ2v) is 5.67. The lowest BCUT2D eigenvalue weighted by atomic mass is 9.97. The topological polar surface area (TPSA) is 70.0 Å². The standard InChI is InChI=1S/C14H20ClN5O/c1-2-16-9-10-3-6-20(7-4-10)14-17-13(18-19-14)11-5-8-21-12(11)15/h5,8,10,16H,2-4,6-7,9H2,1H3,(H,17,18,19). The van der Waals surface area contributed by atoms with Crippen molar-refractivity contribution in [2.45, 2.75) is 19.8 Å². The third-order valence-electron chi connectivity index (χ3n) is 3.93. The van der Waals surface area contributed by atoms with Gasteiger partial charge in [0.25, 0.3) is 0 Å². The van der Waals surface area contributed by atoms with E-state index in [-0.39, 0.29) is 0 Å². The molecule has 0 aliphatic carbocycles. The minimum Gasteiger partial charge on any atom is -0.452 e. The molecule has 1 fully saturated rings. The Morgan fingerprint density at radius 2 is 2.29 bits per heavy atom. The Kier molecular flexibility index (Phi) is 4.45. The molecule has 0 aromatic carbocycles. The largest absolute Gasteiger partial charge is 0.452 e. The van der Waals surface area contributed by atoms with Crippen molar-refractivity contribution in [2.75, 3.05) is 31.1 Å². The van der Waals surface area contributed by atoms with Crippen LogP contribution < -0.4 is 10.2 Å². The number of hydrogen-bond acceptors (Lipinski definition) is 5. The van der Waals surface area contributed by atoms with Crippen LogP contribution in [0.2, 0.25) is 5.22 Å². The van der Waals surface area contributed by atoms with Gasteiger partial charge >= 0.3 is 0 Å². The van der Waals surface area contributed by atoms with Gasteiger partial charge in [0.1, 0.15) is 0 Å². The van der Waals surface area contributed by atoms with Gasteiger partial charge in [-0.3, -0.25) is 5.10 Å². The molecule has 0 spiro atoms. The van der Waals surface area contributed by atoms with Gasteiger partial charge in [-0.05, 0) is 49.5 Å². The first-order chi connectivity index (χ1) is 10.3. The van der Waals surface area contributed by atoms with Gasteiger partial charge in [0.2, 0.25) is 11.2 Å². The van der Waals surface area contributed by atoms with Crippen LogP contribution in [0.25, 0.3) is 11.4 Å². The van der Waals surface area contributed by atoms with Crippen molar-refractivity contribution in [3.05, 3.63) is 17.5 Å². The van der Waals surface area contributed by atoms with Crippen molar-refractivity contribution >= 4 is 17.5 Å². The maximum atomic E-state index is 5.96. The number of rotatable bonds is 5. The van der Waals surface area contributed by atoms with Crippen molar-refractivity contribution in [1.29, 1.82) is 0 Å². The number of nitrogens with zero attached hydrogens (tertiary/aromatic N) is 3. The zero-order valence-corrected chi connectivity index (χ0v) is 12.9. The molecule has 21 heavy (non-hydrogen) atoms. The minimum atomic E-state index is 0.335. The molecule has 2 N–H and O–H groups in total. The number of halogens is 1. The van der Waals surface area contributed by atoms with Crippen LogP contribution in [0.3, 0.4) is 0 Å². The Labute approximate surface area is 128 Å². The van der Waals surface area contributed by atoms with Gasteiger partial charge in [0.15, 0.2) is 5.82 Å². The summed E-state index contributed by atoms with van der Waals surface area (Å²) >= 11 is 5.96. The molecule has 0 atom stereocenters. The summed E-state index contributed by atoms with van der Waals surface area (Å²) in [7, 11) is 0. The highest BCUT2D eigenvalue weighted by Gasteiger charge is 2.22. The summed E-state index contributed by atoms with van der Waals surface area (Å²) in [5, 5.41) is 11.0. The van der Waals surface area contributed by atoms with Crippen LogP contribution in [-0.4, -0.2) is 41.4 Å². The number of nitrogens with one attached hydrogen (secondary N) is 2. The van der Waals surface area contributed by atoms with Gasteiger partial charge in [-0.15, -0.1) is 5.10 Å². The number of piperidine rings is 1. The average Bonchev–Trinajstić information content (AvgIpc) is 3.14. The number of H-pyrrole nitrogens is 1. The van der Waals surface area contributed by atoms with Crippen molar-refractivity contribution in [1.82, 2.24) is 20.5 Å². The molecule has 2 aromatic heterocycles. The molecular weight excluding hydrogens is 290 g/mol. The first kappa shape index (κ1) is 14.4. The summed E-state index contributed by atoms with van der Waals surface area (Å²) in [5.74, 6) is 2.14. The van der Waals surface area contributed by atoms with E-state index < -0.39 is 0 Å². The van der Waals surface area contributed by atoms with Gasteiger partial charge in [0, 0.05) is 13.1 Å². The van der Waals surface area contributed by atoms with Gasteiger partial charge in [-0.25, -0.2) is 0 Å². The molecule has 3 heterocycles. The summed E-state index contributed by atoms with van der Waals surface area (Å²) in [4.78, 5) is 6.74. The predicted molar refractivity (Wildman–Crippen MR) is 82.6 cm³/mol. The smallest absolute Gasteiger partial charge is 0.245 e. The Hall–Kier alpha value is -1.53. The summed E-state index contributed by atoms with van der Waals surface area (Å²) < 4.78 is 5.08. The second kappa shape index (κ2) is 6.49. The first-order valence-corrected chi connectivity index (χ1v) is 7.77. The minimum absolute atomic E-state index is 0.335. The zero-order valence-electron chi connectivity index (χ0n) is 12.1. The molecule has 1 aliphatic rings. The fourth-order valence-electron chi connectivity index (χ4n) is 2.66. The van der Waals surface area contributed by atoms with Crippen molar-refractivity contribution in [3.8, 4) is 11.4 Å². The Balaban J connectivity index is 1.62. The highest BCUT2D eigenvalue weighted by atomic mass is 35.5. The highest BCUT2D eigenvalue weighted by Crippen LogP contribution is 2.28. The van der Waals surface area contributed by atoms with Gasteiger partial charge in [-0.1, -0.05) is 6.92 Å². The molecule has 3 rings (SSSR count). The third kappa shape index (κ3) is 3.22. The number of hydrogen-bond donors (Lipinski definition) is 2. The quantitative estimate of drug-likeness (QED) is 0.888. The van der Waals surface area contributed by atoms with E-state index in [1.165, 1.54) is 12.8 Å². The summed E-state index contributed by atoms with van der Waals surface area (Å²) in [6, 6.07) is 1.79. The zero-order chi connectivity index (χ0) is 14.7. The molecular formula is C14H20ClN5O. The van der Waals surface area contributed by atoms with E-state index in [0.717, 1.165) is 43.6 Å². The van der Waals surface area contributed by atoms with E-state index in [1.807, 2.05) is 0 Å². The Morgan fingerprint density at radius 3 is 2.95 bits per heavy atom. The van der Waals surface area contributed by atoms with Crippen LogP contribution in [0.1, 0.15) is 19.8 Å². The van der Waals surface area contributed by atoms with Crippen LogP contribution in [0.4, 0.5) is 5.95 Å². The maximum Gasteiger partial charge on any atom is 0.245 e. The number of aromatic nitrogens is 3. The van der Waals surface area contributed by atoms with Crippen molar-refractivity contribution in [2.24, 2.45) is 5.92 Å². The molecule has 0 unspecified atom stereocenters. The van der Waals surface area contributed by atoms with Crippen LogP contribution in [0.5, 0.6) is 0 Å². The van der Waals surface area contributed by atoms with Gasteiger partial charge in [0.05, 0.1) is 11.8 Å². The molecule has 0 radical (unpaired) electrons. The van der Waals surface area contributed by atoms with Gasteiger partial charge in [-0.2, -0.15) is 4.98 Å². The van der Waals surface area contributed by atoms with Crippen LogP contribution in [0.15, 0.2) is 16.7 Å². The predicted octanol–water partition coefficient (Wildman–Crippen LogP) is 2.54. The summed E-state index contributed by atoms with van der Waals surface area (Å²) in [6.07, 6.45) is 3.89. The Morgan fingerprint density at radius 1 is 1.48 bits per heavy atom. The molecule has 0 saturated carbocycles. The lowest BCUT2D eigenvalue weighted by molar-refractivity contribution is 0.384. The maximum absolute atomic E-state index is 5.96. The molecule has 0 bridgehead atoms. The summed E-state index contributed by atoms with van der Waals surface area (Å²) in [6.45, 7) is 6.27. The first-order valence-electron chi connectivity index (χ1n) is 7.39. The normalized spacial score (nSPS) is 16.6. The molecule has 2 aromatic rings. The molecule has 0 amide bonds. The molecule has 7 heteroatoms. The number of anilines is 1. The van der Waals surface area contributed by atoms with Crippen molar-refractivity contribution < 1.29 is 4.42 Å². The van der Waals surface area contributed by atoms with E-state index in [2.05, 4.69) is 32.3 Å². The van der Waals surface area contributed by atoms with E-state index >= 15 is 0 Å². The van der Waals surface area contributed by atoms with E-state index in [4.69, 9.17) is 16.0 Å². The lowest BCUT2D eigenvalue weighted by Gasteiger charge is -2.31. The Bertz CT molecular complexity index is 573. The average molecular weight is 310 g/mol. The lowest BCUT2D eigenvalue weighted by Crippen LogP contribution is -2.37. The van der Waals surface area contributed by atoms with Crippen molar-refractivity contribution in [3.63, 3.8) is 0 Å².